The Hall–Kier alpha value is -3.03. The number of benzene rings is 2. The number of thiazole rings is 1. The molecule has 0 unspecified atom stereocenters. The van der Waals surface area contributed by atoms with Crippen LogP contribution in [-0.4, -0.2) is 25.7 Å². The van der Waals surface area contributed by atoms with Gasteiger partial charge in [-0.25, -0.2) is 14.6 Å². The number of hydrogen-bond donors (Lipinski definition) is 1. The number of halogens is 1. The molecule has 0 bridgehead atoms. The molecule has 0 saturated heterocycles. The number of nitrogens with zero attached hydrogens (tertiary/aromatic N) is 4. The lowest BCUT2D eigenvalue weighted by atomic mass is 10.2. The fraction of sp³-hybridized carbons (Fsp3) is 0.0526. The minimum Gasteiger partial charge on any atom is -0.288 e. The van der Waals surface area contributed by atoms with Crippen LogP contribution in [0.2, 0.25) is 5.02 Å². The van der Waals surface area contributed by atoms with E-state index in [4.69, 9.17) is 11.6 Å². The van der Waals surface area contributed by atoms with Gasteiger partial charge in [0.15, 0.2) is 0 Å². The molecule has 2 heterocycles. The molecule has 0 spiro atoms. The second kappa shape index (κ2) is 7.69. The third-order valence-corrected chi connectivity index (χ3v) is 4.92. The number of hydrogen-bond acceptors (Lipinski definition) is 5. The molecule has 134 valence electrons. The van der Waals surface area contributed by atoms with E-state index in [1.165, 1.54) is 11.3 Å². The Morgan fingerprint density at radius 1 is 1.11 bits per heavy atom. The number of carbonyl (C=O) groups excluding carboxylic acids is 1. The molecule has 0 aliphatic carbocycles. The Morgan fingerprint density at radius 2 is 1.89 bits per heavy atom. The Morgan fingerprint density at radius 3 is 2.67 bits per heavy atom. The third-order valence-electron chi connectivity index (χ3n) is 3.78. The van der Waals surface area contributed by atoms with Crippen molar-refractivity contribution in [3.8, 4) is 10.6 Å². The van der Waals surface area contributed by atoms with E-state index in [1.807, 2.05) is 42.5 Å². The van der Waals surface area contributed by atoms with Crippen LogP contribution in [-0.2, 0) is 6.54 Å². The van der Waals surface area contributed by atoms with Gasteiger partial charge in [0.25, 0.3) is 5.91 Å². The first-order valence-corrected chi connectivity index (χ1v) is 9.39. The van der Waals surface area contributed by atoms with Crippen LogP contribution >= 0.6 is 22.9 Å². The standard InChI is InChI=1S/C19H14ClN5OS/c20-15-8-6-14(7-9-15)18-22-16(11-27-18)17(26)23-19-21-12-25(24-19)10-13-4-2-1-3-5-13/h1-9,11-12H,10H2,(H,23,24,26). The maximum atomic E-state index is 12.4. The fourth-order valence-corrected chi connectivity index (χ4v) is 3.40. The molecule has 2 aromatic heterocycles. The summed E-state index contributed by atoms with van der Waals surface area (Å²) in [6.45, 7) is 0.584. The Balaban J connectivity index is 1.43. The predicted molar refractivity (Wildman–Crippen MR) is 106 cm³/mol. The van der Waals surface area contributed by atoms with E-state index in [9.17, 15) is 4.79 Å². The molecule has 6 nitrogen and oxygen atoms in total. The molecule has 0 saturated carbocycles. The van der Waals surface area contributed by atoms with E-state index in [-0.39, 0.29) is 11.9 Å². The summed E-state index contributed by atoms with van der Waals surface area (Å²) in [6.07, 6.45) is 1.59. The Bertz CT molecular complexity index is 1060. The first-order valence-electron chi connectivity index (χ1n) is 8.13. The van der Waals surface area contributed by atoms with E-state index >= 15 is 0 Å². The topological polar surface area (TPSA) is 72.7 Å². The highest BCUT2D eigenvalue weighted by Gasteiger charge is 2.14. The number of anilines is 1. The zero-order valence-corrected chi connectivity index (χ0v) is 15.6. The molecule has 1 N–H and O–H groups in total. The van der Waals surface area contributed by atoms with Crippen molar-refractivity contribution < 1.29 is 4.79 Å². The molecule has 8 heteroatoms. The summed E-state index contributed by atoms with van der Waals surface area (Å²) < 4.78 is 1.67. The summed E-state index contributed by atoms with van der Waals surface area (Å²) in [4.78, 5) is 20.9. The van der Waals surface area contributed by atoms with E-state index in [0.29, 0.717) is 17.3 Å². The highest BCUT2D eigenvalue weighted by atomic mass is 35.5. The monoisotopic (exact) mass is 395 g/mol. The van der Waals surface area contributed by atoms with E-state index < -0.39 is 0 Å². The van der Waals surface area contributed by atoms with Gasteiger partial charge in [-0.3, -0.25) is 10.1 Å². The molecule has 1 amide bonds. The highest BCUT2D eigenvalue weighted by molar-refractivity contribution is 7.13. The summed E-state index contributed by atoms with van der Waals surface area (Å²) in [5, 5.41) is 10.1. The number of amides is 1. The maximum absolute atomic E-state index is 12.4. The Labute approximate surface area is 164 Å². The number of carbonyl (C=O) groups is 1. The summed E-state index contributed by atoms with van der Waals surface area (Å²) in [5.74, 6) is -0.0964. The summed E-state index contributed by atoms with van der Waals surface area (Å²) in [5.41, 5.74) is 2.34. The first kappa shape index (κ1) is 17.4. The lowest BCUT2D eigenvalue weighted by Crippen LogP contribution is -2.14. The van der Waals surface area contributed by atoms with Crippen molar-refractivity contribution in [1.29, 1.82) is 0 Å². The normalized spacial score (nSPS) is 10.7. The van der Waals surface area contributed by atoms with Gasteiger partial charge < -0.3 is 0 Å². The molecular weight excluding hydrogens is 382 g/mol. The van der Waals surface area contributed by atoms with Crippen molar-refractivity contribution >= 4 is 34.8 Å². The van der Waals surface area contributed by atoms with Crippen molar-refractivity contribution in [2.45, 2.75) is 6.54 Å². The fourth-order valence-electron chi connectivity index (χ4n) is 2.47. The average molecular weight is 396 g/mol. The number of aromatic nitrogens is 4. The number of nitrogens with one attached hydrogen (secondary N) is 1. The van der Waals surface area contributed by atoms with E-state index in [1.54, 1.807) is 28.5 Å². The van der Waals surface area contributed by atoms with Gasteiger partial charge in [0.1, 0.15) is 17.0 Å². The summed E-state index contributed by atoms with van der Waals surface area (Å²) in [6, 6.07) is 17.2. The molecule has 0 radical (unpaired) electrons. The van der Waals surface area contributed by atoms with Gasteiger partial charge in [-0.1, -0.05) is 54.1 Å². The van der Waals surface area contributed by atoms with Crippen LogP contribution in [0.4, 0.5) is 5.95 Å². The minimum atomic E-state index is -0.344. The van der Waals surface area contributed by atoms with Crippen molar-refractivity contribution in [1.82, 2.24) is 19.7 Å². The summed E-state index contributed by atoms with van der Waals surface area (Å²) >= 11 is 7.29. The molecule has 2 aromatic carbocycles. The lowest BCUT2D eigenvalue weighted by Gasteiger charge is -2.00. The second-order valence-corrected chi connectivity index (χ2v) is 7.04. The quantitative estimate of drug-likeness (QED) is 0.545. The molecule has 4 aromatic rings. The van der Waals surface area contributed by atoms with Crippen LogP contribution in [0, 0.1) is 0 Å². The van der Waals surface area contributed by atoms with E-state index in [2.05, 4.69) is 20.4 Å². The SMILES string of the molecule is O=C(Nc1ncn(Cc2ccccc2)n1)c1csc(-c2ccc(Cl)cc2)n1. The minimum absolute atomic E-state index is 0.247. The van der Waals surface area contributed by atoms with Crippen molar-refractivity contribution in [2.75, 3.05) is 5.32 Å². The lowest BCUT2D eigenvalue weighted by molar-refractivity contribution is 0.102. The number of rotatable bonds is 5. The van der Waals surface area contributed by atoms with Gasteiger partial charge in [-0.15, -0.1) is 16.4 Å². The van der Waals surface area contributed by atoms with Crippen LogP contribution < -0.4 is 5.32 Å². The van der Waals surface area contributed by atoms with Crippen LogP contribution in [0.3, 0.4) is 0 Å². The van der Waals surface area contributed by atoms with Gasteiger partial charge in [0.2, 0.25) is 5.95 Å². The molecule has 4 rings (SSSR count). The zero-order chi connectivity index (χ0) is 18.6. The molecular formula is C19H14ClN5OS. The van der Waals surface area contributed by atoms with Gasteiger partial charge in [-0.2, -0.15) is 0 Å². The van der Waals surface area contributed by atoms with Crippen LogP contribution in [0.15, 0.2) is 66.3 Å². The van der Waals surface area contributed by atoms with Crippen molar-refractivity contribution in [3.05, 3.63) is 82.6 Å². The van der Waals surface area contributed by atoms with E-state index in [0.717, 1.165) is 16.1 Å². The Kier molecular flexibility index (Phi) is 4.95. The molecule has 27 heavy (non-hydrogen) atoms. The third kappa shape index (κ3) is 4.21. The maximum Gasteiger partial charge on any atom is 0.277 e. The second-order valence-electron chi connectivity index (χ2n) is 5.75. The largest absolute Gasteiger partial charge is 0.288 e. The van der Waals surface area contributed by atoms with Crippen molar-refractivity contribution in [2.24, 2.45) is 0 Å². The average Bonchev–Trinajstić information content (AvgIpc) is 3.33. The first-order chi connectivity index (χ1) is 13.2. The van der Waals surface area contributed by atoms with Crippen LogP contribution in [0.5, 0.6) is 0 Å². The molecule has 0 aliphatic heterocycles. The predicted octanol–water partition coefficient (Wildman–Crippen LogP) is 4.36. The van der Waals surface area contributed by atoms with Crippen LogP contribution in [0.25, 0.3) is 10.6 Å². The summed E-state index contributed by atoms with van der Waals surface area (Å²) in [7, 11) is 0. The van der Waals surface area contributed by atoms with Crippen LogP contribution in [0.1, 0.15) is 16.1 Å². The smallest absolute Gasteiger partial charge is 0.277 e. The van der Waals surface area contributed by atoms with Gasteiger partial charge >= 0.3 is 0 Å². The molecule has 0 atom stereocenters. The van der Waals surface area contributed by atoms with Gasteiger partial charge in [0, 0.05) is 16.0 Å². The van der Waals surface area contributed by atoms with Gasteiger partial charge in [0.05, 0.1) is 6.54 Å². The zero-order valence-electron chi connectivity index (χ0n) is 14.0. The molecule has 0 aliphatic rings. The highest BCUT2D eigenvalue weighted by Crippen LogP contribution is 2.25. The van der Waals surface area contributed by atoms with Crippen molar-refractivity contribution in [3.63, 3.8) is 0 Å². The van der Waals surface area contributed by atoms with Gasteiger partial charge in [-0.05, 0) is 17.7 Å². The molecule has 0 fully saturated rings.